The minimum Gasteiger partial charge on any atom is -0.461 e. The van der Waals surface area contributed by atoms with Crippen LogP contribution in [0.2, 0.25) is 0 Å². The number of benzene rings is 1. The highest BCUT2D eigenvalue weighted by Crippen LogP contribution is 2.27. The number of furan rings is 1. The number of anilines is 1. The van der Waals surface area contributed by atoms with Crippen LogP contribution in [0.1, 0.15) is 11.8 Å². The Morgan fingerprint density at radius 3 is 2.93 bits per heavy atom. The van der Waals surface area contributed by atoms with Gasteiger partial charge in [-0.3, -0.25) is 19.8 Å². The number of nitro benzene ring substituents is 1. The summed E-state index contributed by atoms with van der Waals surface area (Å²) in [6.45, 7) is 1.41. The van der Waals surface area contributed by atoms with Crippen LogP contribution in [0.4, 0.5) is 11.4 Å². The van der Waals surface area contributed by atoms with Crippen molar-refractivity contribution < 1.29 is 18.7 Å². The van der Waals surface area contributed by atoms with Crippen molar-refractivity contribution in [1.82, 2.24) is 15.0 Å². The fourth-order valence-corrected chi connectivity index (χ4v) is 2.86. The van der Waals surface area contributed by atoms with Crippen molar-refractivity contribution >= 4 is 17.3 Å². The first-order valence-corrected chi connectivity index (χ1v) is 8.22. The van der Waals surface area contributed by atoms with Crippen LogP contribution in [-0.2, 0) is 4.79 Å². The predicted molar refractivity (Wildman–Crippen MR) is 92.9 cm³/mol. The van der Waals surface area contributed by atoms with Gasteiger partial charge < -0.3 is 14.3 Å². The molecular weight excluding hydrogens is 354 g/mol. The van der Waals surface area contributed by atoms with E-state index in [1.54, 1.807) is 18.2 Å². The molecule has 138 valence electrons. The number of carbonyl (C=O) groups excluding carboxylic acids is 1. The molecule has 1 aromatic carbocycles. The minimum atomic E-state index is -0.503. The first-order chi connectivity index (χ1) is 13.1. The van der Waals surface area contributed by atoms with Gasteiger partial charge in [0.1, 0.15) is 0 Å². The second kappa shape index (κ2) is 7.00. The van der Waals surface area contributed by atoms with E-state index < -0.39 is 4.92 Å². The highest BCUT2D eigenvalue weighted by Gasteiger charge is 2.33. The summed E-state index contributed by atoms with van der Waals surface area (Å²) in [6.07, 6.45) is 1.54. The van der Waals surface area contributed by atoms with E-state index in [9.17, 15) is 14.9 Å². The number of carbonyl (C=O) groups is 1. The van der Waals surface area contributed by atoms with Gasteiger partial charge in [-0.15, -0.1) is 0 Å². The number of nitrogens with one attached hydrogen (secondary N) is 1. The number of likely N-dealkylation sites (tertiary alicyclic amines) is 1. The molecule has 1 aliphatic rings. The van der Waals surface area contributed by atoms with E-state index in [1.807, 2.05) is 4.90 Å². The van der Waals surface area contributed by atoms with Crippen LogP contribution < -0.4 is 5.32 Å². The number of hydrogen-bond donors (Lipinski definition) is 1. The van der Waals surface area contributed by atoms with Crippen LogP contribution in [0.5, 0.6) is 0 Å². The molecule has 3 aromatic rings. The lowest BCUT2D eigenvalue weighted by Crippen LogP contribution is -2.48. The first kappa shape index (κ1) is 16.9. The van der Waals surface area contributed by atoms with Crippen LogP contribution in [0.15, 0.2) is 51.6 Å². The van der Waals surface area contributed by atoms with E-state index >= 15 is 0 Å². The van der Waals surface area contributed by atoms with Crippen molar-refractivity contribution in [2.24, 2.45) is 0 Å². The van der Waals surface area contributed by atoms with Crippen LogP contribution in [0.3, 0.4) is 0 Å². The highest BCUT2D eigenvalue weighted by molar-refractivity contribution is 5.92. The summed E-state index contributed by atoms with van der Waals surface area (Å²) in [5, 5.41) is 17.3. The van der Waals surface area contributed by atoms with E-state index in [2.05, 4.69) is 15.5 Å². The zero-order valence-electron chi connectivity index (χ0n) is 14.1. The van der Waals surface area contributed by atoms with Gasteiger partial charge in [0, 0.05) is 30.9 Å². The van der Waals surface area contributed by atoms with Gasteiger partial charge in [-0.05, 0) is 18.2 Å². The Morgan fingerprint density at radius 1 is 1.33 bits per heavy atom. The monoisotopic (exact) mass is 369 g/mol. The average molecular weight is 369 g/mol. The zero-order valence-corrected chi connectivity index (χ0v) is 14.1. The summed E-state index contributed by atoms with van der Waals surface area (Å²) in [4.78, 5) is 28.6. The number of hydrogen-bond acceptors (Lipinski definition) is 8. The second-order valence-corrected chi connectivity index (χ2v) is 6.18. The summed E-state index contributed by atoms with van der Waals surface area (Å²) >= 11 is 0. The molecule has 10 nitrogen and oxygen atoms in total. The molecule has 0 radical (unpaired) electrons. The van der Waals surface area contributed by atoms with Crippen molar-refractivity contribution in [2.75, 3.05) is 25.0 Å². The standard InChI is InChI=1S/C17H15N5O5/c23-15(18-12-3-1-4-13(7-12)22(24)25)10-21-8-11(9-21)17-19-16(20-27-17)14-5-2-6-26-14/h1-7,11H,8-10H2,(H,18,23). The maximum absolute atomic E-state index is 12.1. The summed E-state index contributed by atoms with van der Waals surface area (Å²) in [6, 6.07) is 9.33. The van der Waals surface area contributed by atoms with Crippen molar-refractivity contribution in [3.63, 3.8) is 0 Å². The number of nitro groups is 1. The van der Waals surface area contributed by atoms with Crippen molar-refractivity contribution in [3.05, 3.63) is 58.7 Å². The molecule has 4 rings (SSSR count). The number of aromatic nitrogens is 2. The van der Waals surface area contributed by atoms with Crippen LogP contribution in [0.25, 0.3) is 11.6 Å². The van der Waals surface area contributed by atoms with Gasteiger partial charge in [0.15, 0.2) is 5.76 Å². The number of amides is 1. The maximum Gasteiger partial charge on any atom is 0.271 e. The fraction of sp³-hybridized carbons (Fsp3) is 0.235. The zero-order chi connectivity index (χ0) is 18.8. The lowest BCUT2D eigenvalue weighted by atomic mass is 10.0. The van der Waals surface area contributed by atoms with E-state index in [0.29, 0.717) is 36.3 Å². The Morgan fingerprint density at radius 2 is 2.19 bits per heavy atom. The van der Waals surface area contributed by atoms with Crippen molar-refractivity contribution in [2.45, 2.75) is 5.92 Å². The van der Waals surface area contributed by atoms with Gasteiger partial charge in [-0.25, -0.2) is 0 Å². The molecule has 0 spiro atoms. The summed E-state index contributed by atoms with van der Waals surface area (Å²) in [5.74, 6) is 1.27. The van der Waals surface area contributed by atoms with E-state index in [0.717, 1.165) is 0 Å². The quantitative estimate of drug-likeness (QED) is 0.518. The third-order valence-corrected chi connectivity index (χ3v) is 4.20. The molecule has 0 saturated carbocycles. The van der Waals surface area contributed by atoms with Crippen LogP contribution >= 0.6 is 0 Å². The molecule has 0 atom stereocenters. The normalized spacial score (nSPS) is 14.7. The smallest absolute Gasteiger partial charge is 0.271 e. The van der Waals surface area contributed by atoms with Gasteiger partial charge in [-0.1, -0.05) is 11.2 Å². The van der Waals surface area contributed by atoms with Crippen molar-refractivity contribution in [1.29, 1.82) is 0 Å². The van der Waals surface area contributed by atoms with Gasteiger partial charge in [-0.2, -0.15) is 4.98 Å². The number of rotatable bonds is 6. The third kappa shape index (κ3) is 3.70. The topological polar surface area (TPSA) is 128 Å². The summed E-state index contributed by atoms with van der Waals surface area (Å²) < 4.78 is 10.5. The van der Waals surface area contributed by atoms with Crippen molar-refractivity contribution in [3.8, 4) is 11.6 Å². The Bertz CT molecular complexity index is 962. The highest BCUT2D eigenvalue weighted by atomic mass is 16.6. The lowest BCUT2D eigenvalue weighted by molar-refractivity contribution is -0.384. The molecule has 10 heteroatoms. The molecule has 1 aliphatic heterocycles. The van der Waals surface area contributed by atoms with E-state index in [1.165, 1.54) is 24.5 Å². The van der Waals surface area contributed by atoms with E-state index in [4.69, 9.17) is 8.94 Å². The number of nitrogens with zero attached hydrogens (tertiary/aromatic N) is 4. The predicted octanol–water partition coefficient (Wildman–Crippen LogP) is 2.28. The maximum atomic E-state index is 12.1. The summed E-state index contributed by atoms with van der Waals surface area (Å²) in [5.41, 5.74) is 0.326. The molecule has 0 aliphatic carbocycles. The Hall–Kier alpha value is -3.53. The fourth-order valence-electron chi connectivity index (χ4n) is 2.86. The Kier molecular flexibility index (Phi) is 4.38. The van der Waals surface area contributed by atoms with Gasteiger partial charge in [0.05, 0.1) is 23.6 Å². The van der Waals surface area contributed by atoms with Gasteiger partial charge in [0.25, 0.3) is 5.69 Å². The lowest BCUT2D eigenvalue weighted by Gasteiger charge is -2.36. The first-order valence-electron chi connectivity index (χ1n) is 8.22. The van der Waals surface area contributed by atoms with E-state index in [-0.39, 0.29) is 24.1 Å². The average Bonchev–Trinajstić information content (AvgIpc) is 3.29. The molecule has 2 aromatic heterocycles. The molecule has 1 fully saturated rings. The molecule has 1 saturated heterocycles. The van der Waals surface area contributed by atoms with Crippen LogP contribution in [-0.4, -0.2) is 45.5 Å². The molecule has 27 heavy (non-hydrogen) atoms. The number of non-ortho nitro benzene ring substituents is 1. The molecule has 0 bridgehead atoms. The SMILES string of the molecule is O=C(CN1CC(c2nc(-c3ccco3)no2)C1)Nc1cccc([N+](=O)[O-])c1. The summed E-state index contributed by atoms with van der Waals surface area (Å²) in [7, 11) is 0. The molecule has 3 heterocycles. The third-order valence-electron chi connectivity index (χ3n) is 4.20. The minimum absolute atomic E-state index is 0.0619. The Balaban J connectivity index is 1.28. The Labute approximate surface area is 152 Å². The molecule has 0 unspecified atom stereocenters. The largest absolute Gasteiger partial charge is 0.461 e. The molecular formula is C17H15N5O5. The van der Waals surface area contributed by atoms with Crippen LogP contribution in [0, 0.1) is 10.1 Å². The molecule has 1 N–H and O–H groups in total. The molecule has 1 amide bonds. The van der Waals surface area contributed by atoms with Gasteiger partial charge in [0.2, 0.25) is 17.6 Å². The second-order valence-electron chi connectivity index (χ2n) is 6.18. The van der Waals surface area contributed by atoms with Gasteiger partial charge >= 0.3 is 0 Å².